The molecule has 29 heavy (non-hydrogen) atoms. The Morgan fingerprint density at radius 1 is 1.00 bits per heavy atom. The van der Waals surface area contributed by atoms with Crippen molar-refractivity contribution in [3.8, 4) is 17.0 Å². The summed E-state index contributed by atoms with van der Waals surface area (Å²) in [5.74, 6) is 2.22. The molecule has 0 radical (unpaired) electrons. The number of aliphatic hydroxyl groups is 1. The highest BCUT2D eigenvalue weighted by molar-refractivity contribution is 5.67. The van der Waals surface area contributed by atoms with Crippen molar-refractivity contribution in [3.63, 3.8) is 0 Å². The van der Waals surface area contributed by atoms with Gasteiger partial charge in [0.05, 0.1) is 24.9 Å². The minimum Gasteiger partial charge on any atom is -0.494 e. The minimum absolute atomic E-state index is 0.0121. The van der Waals surface area contributed by atoms with Crippen LogP contribution >= 0.6 is 0 Å². The highest BCUT2D eigenvalue weighted by Gasteiger charge is 2.15. The molecule has 0 bridgehead atoms. The van der Waals surface area contributed by atoms with Crippen LogP contribution < -0.4 is 15.4 Å². The van der Waals surface area contributed by atoms with Crippen LogP contribution in [0.2, 0.25) is 0 Å². The summed E-state index contributed by atoms with van der Waals surface area (Å²) in [7, 11) is 0. The van der Waals surface area contributed by atoms with Crippen LogP contribution in [0.5, 0.6) is 5.75 Å². The lowest BCUT2D eigenvalue weighted by atomic mass is 10.1. The molecule has 0 saturated carbocycles. The fourth-order valence-electron chi connectivity index (χ4n) is 2.87. The number of aromatic nitrogens is 2. The third-order valence-electron chi connectivity index (χ3n) is 4.55. The molecule has 1 aromatic heterocycles. The number of aliphatic hydroxyl groups excluding tert-OH is 1. The van der Waals surface area contributed by atoms with E-state index < -0.39 is 0 Å². The molecule has 1 heterocycles. The van der Waals surface area contributed by atoms with E-state index in [1.54, 1.807) is 0 Å². The lowest BCUT2D eigenvalue weighted by molar-refractivity contribution is 0.248. The Kier molecular flexibility index (Phi) is 7.03. The van der Waals surface area contributed by atoms with Crippen LogP contribution in [0, 0.1) is 5.92 Å². The molecule has 3 N–H and O–H groups in total. The molecule has 152 valence electrons. The topological polar surface area (TPSA) is 79.3 Å². The Hall–Kier alpha value is -3.12. The van der Waals surface area contributed by atoms with Gasteiger partial charge in [-0.3, -0.25) is 0 Å². The number of ether oxygens (including phenoxy) is 1. The van der Waals surface area contributed by atoms with Crippen molar-refractivity contribution in [2.75, 3.05) is 23.8 Å². The van der Waals surface area contributed by atoms with Crippen LogP contribution in [0.25, 0.3) is 11.3 Å². The molecule has 1 atom stereocenters. The SMILES string of the molecule is CCOc1ccc(Nc2cc(-c3ccccc3)nc(N[C@H](CO)C(C)C)n2)cc1. The van der Waals surface area contributed by atoms with Crippen molar-refractivity contribution in [1.29, 1.82) is 0 Å². The molecule has 0 amide bonds. The van der Waals surface area contributed by atoms with E-state index in [1.807, 2.05) is 81.4 Å². The van der Waals surface area contributed by atoms with Gasteiger partial charge in [0, 0.05) is 17.3 Å². The van der Waals surface area contributed by atoms with Gasteiger partial charge in [0.25, 0.3) is 0 Å². The fourth-order valence-corrected chi connectivity index (χ4v) is 2.87. The molecule has 0 aliphatic heterocycles. The monoisotopic (exact) mass is 392 g/mol. The number of nitrogens with zero attached hydrogens (tertiary/aromatic N) is 2. The largest absolute Gasteiger partial charge is 0.494 e. The average molecular weight is 393 g/mol. The molecule has 0 unspecified atom stereocenters. The Morgan fingerprint density at radius 3 is 2.34 bits per heavy atom. The molecule has 2 aromatic carbocycles. The number of anilines is 3. The minimum atomic E-state index is -0.126. The predicted molar refractivity (Wildman–Crippen MR) is 118 cm³/mol. The van der Waals surface area contributed by atoms with Gasteiger partial charge in [-0.2, -0.15) is 4.98 Å². The van der Waals surface area contributed by atoms with E-state index in [9.17, 15) is 5.11 Å². The molecule has 0 spiro atoms. The van der Waals surface area contributed by atoms with E-state index in [-0.39, 0.29) is 18.6 Å². The maximum atomic E-state index is 9.67. The standard InChI is InChI=1S/C23H28N4O2/c1-4-29-19-12-10-18(11-13-19)24-22-14-20(17-8-6-5-7-9-17)25-23(27-22)26-21(15-28)16(2)3/h5-14,16,21,28H,4,15H2,1-3H3,(H2,24,25,26,27)/t21-/m1/s1. The first-order valence-corrected chi connectivity index (χ1v) is 9.90. The van der Waals surface area contributed by atoms with Gasteiger partial charge in [0.1, 0.15) is 11.6 Å². The van der Waals surface area contributed by atoms with Crippen LogP contribution in [-0.4, -0.2) is 34.3 Å². The Labute approximate surface area is 172 Å². The highest BCUT2D eigenvalue weighted by atomic mass is 16.5. The van der Waals surface area contributed by atoms with E-state index in [2.05, 4.69) is 20.6 Å². The maximum absolute atomic E-state index is 9.67. The second-order valence-electron chi connectivity index (χ2n) is 7.09. The molecule has 3 rings (SSSR count). The van der Waals surface area contributed by atoms with Gasteiger partial charge < -0.3 is 20.5 Å². The van der Waals surface area contributed by atoms with Gasteiger partial charge in [-0.05, 0) is 37.1 Å². The molecular weight excluding hydrogens is 364 g/mol. The Morgan fingerprint density at radius 2 is 1.72 bits per heavy atom. The summed E-state index contributed by atoms with van der Waals surface area (Å²) >= 11 is 0. The van der Waals surface area contributed by atoms with Gasteiger partial charge in [0.2, 0.25) is 5.95 Å². The normalized spacial score (nSPS) is 11.9. The zero-order chi connectivity index (χ0) is 20.6. The summed E-state index contributed by atoms with van der Waals surface area (Å²) in [6, 6.07) is 19.5. The second-order valence-corrected chi connectivity index (χ2v) is 7.09. The smallest absolute Gasteiger partial charge is 0.225 e. The molecule has 0 aliphatic rings. The van der Waals surface area contributed by atoms with Crippen LogP contribution in [-0.2, 0) is 0 Å². The van der Waals surface area contributed by atoms with Crippen molar-refractivity contribution in [2.45, 2.75) is 26.8 Å². The van der Waals surface area contributed by atoms with Crippen LogP contribution in [0.3, 0.4) is 0 Å². The fraction of sp³-hybridized carbons (Fsp3) is 0.304. The van der Waals surface area contributed by atoms with Crippen molar-refractivity contribution < 1.29 is 9.84 Å². The van der Waals surface area contributed by atoms with E-state index in [0.29, 0.717) is 18.4 Å². The summed E-state index contributed by atoms with van der Waals surface area (Å²) < 4.78 is 5.50. The number of rotatable bonds is 9. The molecule has 0 saturated heterocycles. The molecule has 6 nitrogen and oxygen atoms in total. The van der Waals surface area contributed by atoms with Gasteiger partial charge in [0.15, 0.2) is 0 Å². The highest BCUT2D eigenvalue weighted by Crippen LogP contribution is 2.25. The molecule has 3 aromatic rings. The molecular formula is C23H28N4O2. The van der Waals surface area contributed by atoms with Gasteiger partial charge >= 0.3 is 0 Å². The Balaban J connectivity index is 1.91. The summed E-state index contributed by atoms with van der Waals surface area (Å²) in [6.07, 6.45) is 0. The van der Waals surface area contributed by atoms with Crippen LogP contribution in [0.4, 0.5) is 17.5 Å². The summed E-state index contributed by atoms with van der Waals surface area (Å²) in [4.78, 5) is 9.27. The Bertz CT molecular complexity index is 899. The quantitative estimate of drug-likeness (QED) is 0.489. The van der Waals surface area contributed by atoms with E-state index in [1.165, 1.54) is 0 Å². The lowest BCUT2D eigenvalue weighted by Crippen LogP contribution is -2.30. The van der Waals surface area contributed by atoms with Crippen molar-refractivity contribution in [3.05, 3.63) is 60.7 Å². The van der Waals surface area contributed by atoms with Crippen molar-refractivity contribution in [1.82, 2.24) is 9.97 Å². The first-order chi connectivity index (χ1) is 14.1. The van der Waals surface area contributed by atoms with Gasteiger partial charge in [-0.1, -0.05) is 44.2 Å². The third kappa shape index (κ3) is 5.68. The maximum Gasteiger partial charge on any atom is 0.225 e. The number of hydrogen-bond acceptors (Lipinski definition) is 6. The summed E-state index contributed by atoms with van der Waals surface area (Å²) in [5, 5.41) is 16.3. The van der Waals surface area contributed by atoms with E-state index in [0.717, 1.165) is 22.7 Å². The second kappa shape index (κ2) is 9.89. The zero-order valence-electron chi connectivity index (χ0n) is 17.1. The van der Waals surface area contributed by atoms with Crippen molar-refractivity contribution >= 4 is 17.5 Å². The predicted octanol–water partition coefficient (Wildman–Crippen LogP) is 4.71. The molecule has 0 aliphatic carbocycles. The van der Waals surface area contributed by atoms with Gasteiger partial charge in [-0.25, -0.2) is 4.98 Å². The first-order valence-electron chi connectivity index (χ1n) is 9.90. The van der Waals surface area contributed by atoms with E-state index >= 15 is 0 Å². The first kappa shape index (κ1) is 20.6. The summed E-state index contributed by atoms with van der Waals surface area (Å²) in [5.41, 5.74) is 2.70. The van der Waals surface area contributed by atoms with Crippen LogP contribution in [0.1, 0.15) is 20.8 Å². The molecule has 0 fully saturated rings. The third-order valence-corrected chi connectivity index (χ3v) is 4.55. The summed E-state index contributed by atoms with van der Waals surface area (Å²) in [6.45, 7) is 6.71. The number of benzene rings is 2. The van der Waals surface area contributed by atoms with Gasteiger partial charge in [-0.15, -0.1) is 0 Å². The van der Waals surface area contributed by atoms with Crippen LogP contribution in [0.15, 0.2) is 60.7 Å². The number of nitrogens with one attached hydrogen (secondary N) is 2. The average Bonchev–Trinajstić information content (AvgIpc) is 2.74. The molecule has 6 heteroatoms. The van der Waals surface area contributed by atoms with Crippen molar-refractivity contribution in [2.24, 2.45) is 5.92 Å². The zero-order valence-corrected chi connectivity index (χ0v) is 17.1. The lowest BCUT2D eigenvalue weighted by Gasteiger charge is -2.20. The number of hydrogen-bond donors (Lipinski definition) is 3. The van der Waals surface area contributed by atoms with E-state index in [4.69, 9.17) is 4.74 Å².